The summed E-state index contributed by atoms with van der Waals surface area (Å²) in [4.78, 5) is 19.3. The molecule has 5 heteroatoms. The second-order valence-electron chi connectivity index (χ2n) is 6.72. The SMILES string of the molecule is Cc1nc(C(C)C)oc1C(=O)NCC12CCCN1CCC2. The van der Waals surface area contributed by atoms with Crippen LogP contribution in [0.4, 0.5) is 0 Å². The number of nitrogens with zero attached hydrogens (tertiary/aromatic N) is 2. The lowest BCUT2D eigenvalue weighted by Crippen LogP contribution is -2.48. The highest BCUT2D eigenvalue weighted by molar-refractivity contribution is 5.92. The number of oxazole rings is 1. The number of hydrogen-bond acceptors (Lipinski definition) is 4. The number of amides is 1. The third-order valence-electron chi connectivity index (χ3n) is 4.90. The van der Waals surface area contributed by atoms with Crippen LogP contribution in [-0.2, 0) is 0 Å². The Hall–Kier alpha value is -1.36. The first-order valence-corrected chi connectivity index (χ1v) is 8.02. The fourth-order valence-corrected chi connectivity index (χ4v) is 3.71. The number of carbonyl (C=O) groups excluding carboxylic acids is 1. The zero-order chi connectivity index (χ0) is 15.0. The van der Waals surface area contributed by atoms with Crippen LogP contribution < -0.4 is 5.32 Å². The van der Waals surface area contributed by atoms with Gasteiger partial charge in [-0.2, -0.15) is 0 Å². The van der Waals surface area contributed by atoms with Gasteiger partial charge in [0, 0.05) is 18.0 Å². The summed E-state index contributed by atoms with van der Waals surface area (Å²) < 4.78 is 5.63. The predicted molar refractivity (Wildman–Crippen MR) is 80.4 cm³/mol. The van der Waals surface area contributed by atoms with Gasteiger partial charge in [-0.15, -0.1) is 0 Å². The quantitative estimate of drug-likeness (QED) is 0.926. The normalized spacial score (nSPS) is 21.0. The molecule has 1 N–H and O–H groups in total. The lowest BCUT2D eigenvalue weighted by Gasteiger charge is -2.32. The maximum atomic E-state index is 12.4. The van der Waals surface area contributed by atoms with Crippen molar-refractivity contribution >= 4 is 5.91 Å². The van der Waals surface area contributed by atoms with Crippen LogP contribution in [0, 0.1) is 6.92 Å². The van der Waals surface area contributed by atoms with Crippen LogP contribution in [-0.4, -0.2) is 41.0 Å². The van der Waals surface area contributed by atoms with Crippen molar-refractivity contribution in [1.82, 2.24) is 15.2 Å². The molecule has 0 spiro atoms. The van der Waals surface area contributed by atoms with Gasteiger partial charge in [-0.05, 0) is 45.7 Å². The summed E-state index contributed by atoms with van der Waals surface area (Å²) in [6.07, 6.45) is 4.88. The monoisotopic (exact) mass is 291 g/mol. The number of fused-ring (bicyclic) bond motifs is 1. The van der Waals surface area contributed by atoms with Crippen LogP contribution in [0.15, 0.2) is 4.42 Å². The number of carbonyl (C=O) groups is 1. The summed E-state index contributed by atoms with van der Waals surface area (Å²) in [7, 11) is 0. The molecule has 3 rings (SSSR count). The smallest absolute Gasteiger partial charge is 0.289 e. The fourth-order valence-electron chi connectivity index (χ4n) is 3.71. The van der Waals surface area contributed by atoms with E-state index in [0.29, 0.717) is 17.3 Å². The van der Waals surface area contributed by atoms with Gasteiger partial charge in [0.1, 0.15) is 0 Å². The maximum absolute atomic E-state index is 12.4. The average Bonchev–Trinajstić information content (AvgIpc) is 3.08. The van der Waals surface area contributed by atoms with Gasteiger partial charge >= 0.3 is 0 Å². The summed E-state index contributed by atoms with van der Waals surface area (Å²) in [6.45, 7) is 8.94. The molecular weight excluding hydrogens is 266 g/mol. The van der Waals surface area contributed by atoms with E-state index in [4.69, 9.17) is 4.42 Å². The van der Waals surface area contributed by atoms with E-state index in [9.17, 15) is 4.79 Å². The van der Waals surface area contributed by atoms with Crippen molar-refractivity contribution in [3.63, 3.8) is 0 Å². The molecule has 3 heterocycles. The Morgan fingerprint density at radius 1 is 1.38 bits per heavy atom. The molecule has 0 radical (unpaired) electrons. The zero-order valence-electron chi connectivity index (χ0n) is 13.2. The lowest BCUT2D eigenvalue weighted by atomic mass is 9.94. The molecule has 2 saturated heterocycles. The van der Waals surface area contributed by atoms with Crippen molar-refractivity contribution < 1.29 is 9.21 Å². The minimum Gasteiger partial charge on any atom is -0.435 e. The van der Waals surface area contributed by atoms with E-state index in [0.717, 1.165) is 6.54 Å². The first-order chi connectivity index (χ1) is 10.0. The molecule has 2 aliphatic rings. The first kappa shape index (κ1) is 14.6. The highest BCUT2D eigenvalue weighted by Gasteiger charge is 2.44. The van der Waals surface area contributed by atoms with Gasteiger partial charge in [0.2, 0.25) is 5.76 Å². The molecule has 0 aromatic carbocycles. The molecule has 2 fully saturated rings. The Bertz CT molecular complexity index is 526. The Kier molecular flexibility index (Phi) is 3.78. The number of hydrogen-bond donors (Lipinski definition) is 1. The molecule has 21 heavy (non-hydrogen) atoms. The van der Waals surface area contributed by atoms with E-state index in [1.54, 1.807) is 0 Å². The number of nitrogens with one attached hydrogen (secondary N) is 1. The maximum Gasteiger partial charge on any atom is 0.289 e. The molecule has 0 saturated carbocycles. The third kappa shape index (κ3) is 2.59. The van der Waals surface area contributed by atoms with Crippen LogP contribution >= 0.6 is 0 Å². The van der Waals surface area contributed by atoms with Crippen LogP contribution in [0.3, 0.4) is 0 Å². The second-order valence-corrected chi connectivity index (χ2v) is 6.72. The zero-order valence-corrected chi connectivity index (χ0v) is 13.2. The van der Waals surface area contributed by atoms with E-state index in [1.807, 2.05) is 20.8 Å². The largest absolute Gasteiger partial charge is 0.435 e. The number of aryl methyl sites for hydroxylation is 1. The van der Waals surface area contributed by atoms with Gasteiger partial charge in [-0.3, -0.25) is 9.69 Å². The Balaban J connectivity index is 1.67. The van der Waals surface area contributed by atoms with Crippen molar-refractivity contribution in [2.24, 2.45) is 0 Å². The molecule has 1 aromatic rings. The van der Waals surface area contributed by atoms with E-state index in [-0.39, 0.29) is 17.4 Å². The van der Waals surface area contributed by atoms with E-state index in [2.05, 4.69) is 15.2 Å². The van der Waals surface area contributed by atoms with Crippen LogP contribution in [0.2, 0.25) is 0 Å². The molecule has 0 atom stereocenters. The molecule has 0 aliphatic carbocycles. The summed E-state index contributed by atoms with van der Waals surface area (Å²) >= 11 is 0. The topological polar surface area (TPSA) is 58.4 Å². The Morgan fingerprint density at radius 3 is 2.62 bits per heavy atom. The summed E-state index contributed by atoms with van der Waals surface area (Å²) in [5.41, 5.74) is 0.883. The van der Waals surface area contributed by atoms with E-state index >= 15 is 0 Å². The predicted octanol–water partition coefficient (Wildman–Crippen LogP) is 2.46. The highest BCUT2D eigenvalue weighted by Crippen LogP contribution is 2.38. The van der Waals surface area contributed by atoms with Crippen molar-refractivity contribution in [2.45, 2.75) is 57.9 Å². The number of aromatic nitrogens is 1. The van der Waals surface area contributed by atoms with Gasteiger partial charge < -0.3 is 9.73 Å². The van der Waals surface area contributed by atoms with Crippen LogP contribution in [0.25, 0.3) is 0 Å². The Morgan fingerprint density at radius 2 is 2.05 bits per heavy atom. The van der Waals surface area contributed by atoms with Gasteiger partial charge in [-0.25, -0.2) is 4.98 Å². The average molecular weight is 291 g/mol. The van der Waals surface area contributed by atoms with E-state index in [1.165, 1.54) is 38.8 Å². The molecule has 1 aromatic heterocycles. The minimum absolute atomic E-state index is 0.125. The van der Waals surface area contributed by atoms with Crippen LogP contribution in [0.1, 0.15) is 67.6 Å². The third-order valence-corrected chi connectivity index (χ3v) is 4.90. The van der Waals surface area contributed by atoms with Gasteiger partial charge in [0.25, 0.3) is 5.91 Å². The van der Waals surface area contributed by atoms with Crippen molar-refractivity contribution in [1.29, 1.82) is 0 Å². The molecular formula is C16H25N3O2. The standard InChI is InChI=1S/C16H25N3O2/c1-11(2)15-18-12(3)13(21-15)14(20)17-10-16-6-4-8-19(16)9-5-7-16/h11H,4-10H2,1-3H3,(H,17,20). The first-order valence-electron chi connectivity index (χ1n) is 8.02. The van der Waals surface area contributed by atoms with Gasteiger partial charge in [0.05, 0.1) is 5.69 Å². The number of rotatable bonds is 4. The second kappa shape index (κ2) is 5.44. The molecule has 1 amide bonds. The van der Waals surface area contributed by atoms with Gasteiger partial charge in [-0.1, -0.05) is 13.8 Å². The molecule has 2 aliphatic heterocycles. The van der Waals surface area contributed by atoms with Gasteiger partial charge in [0.15, 0.2) is 5.89 Å². The molecule has 5 nitrogen and oxygen atoms in total. The highest BCUT2D eigenvalue weighted by atomic mass is 16.4. The Labute approximate surface area is 126 Å². The summed E-state index contributed by atoms with van der Waals surface area (Å²) in [6, 6.07) is 0. The molecule has 0 unspecified atom stereocenters. The van der Waals surface area contributed by atoms with Crippen molar-refractivity contribution in [3.8, 4) is 0 Å². The molecule has 0 bridgehead atoms. The summed E-state index contributed by atoms with van der Waals surface area (Å²) in [5, 5.41) is 3.08. The van der Waals surface area contributed by atoms with E-state index < -0.39 is 0 Å². The van der Waals surface area contributed by atoms with Crippen molar-refractivity contribution in [2.75, 3.05) is 19.6 Å². The summed E-state index contributed by atoms with van der Waals surface area (Å²) in [5.74, 6) is 1.08. The minimum atomic E-state index is -0.125. The van der Waals surface area contributed by atoms with Crippen LogP contribution in [0.5, 0.6) is 0 Å². The fraction of sp³-hybridized carbons (Fsp3) is 0.750. The van der Waals surface area contributed by atoms with Crippen molar-refractivity contribution in [3.05, 3.63) is 17.3 Å². The molecule has 116 valence electrons. The lowest BCUT2D eigenvalue weighted by molar-refractivity contribution is 0.0889.